The number of amides is 1. The van der Waals surface area contributed by atoms with Crippen LogP contribution in [0.15, 0.2) is 24.3 Å². The van der Waals surface area contributed by atoms with Gasteiger partial charge in [0.05, 0.1) is 5.41 Å². The first-order valence-electron chi connectivity index (χ1n) is 9.77. The molecule has 2 aliphatic rings. The maximum Gasteiger partial charge on any atom is 0.233 e. The summed E-state index contributed by atoms with van der Waals surface area (Å²) in [6.45, 7) is 2.47. The number of benzene rings is 1. The Balaban J connectivity index is 1.85. The van der Waals surface area contributed by atoms with Crippen molar-refractivity contribution in [1.29, 1.82) is 0 Å². The molecular formula is C21H31ClN2O2. The molecule has 1 aromatic carbocycles. The minimum atomic E-state index is -0.421. The number of hydrogen-bond acceptors (Lipinski definition) is 3. The van der Waals surface area contributed by atoms with E-state index in [2.05, 4.69) is 19.0 Å². The zero-order chi connectivity index (χ0) is 18.7. The number of likely N-dealkylation sites (tertiary alicyclic amines) is 1. The second-order valence-electron chi connectivity index (χ2n) is 8.32. The summed E-state index contributed by atoms with van der Waals surface area (Å²) >= 11 is 6.08. The van der Waals surface area contributed by atoms with E-state index >= 15 is 0 Å². The van der Waals surface area contributed by atoms with Gasteiger partial charge in [0.15, 0.2) is 0 Å². The minimum absolute atomic E-state index is 0.149. The molecular weight excluding hydrogens is 348 g/mol. The van der Waals surface area contributed by atoms with Gasteiger partial charge in [-0.15, -0.1) is 0 Å². The molecule has 26 heavy (non-hydrogen) atoms. The van der Waals surface area contributed by atoms with Crippen molar-refractivity contribution in [2.45, 2.75) is 37.5 Å². The Morgan fingerprint density at radius 2 is 1.77 bits per heavy atom. The average Bonchev–Trinajstić information content (AvgIpc) is 3.04. The number of aliphatic hydroxyl groups is 1. The summed E-state index contributed by atoms with van der Waals surface area (Å²) in [6.07, 6.45) is 5.20. The first-order valence-corrected chi connectivity index (χ1v) is 10.1. The zero-order valence-corrected chi connectivity index (χ0v) is 16.7. The van der Waals surface area contributed by atoms with E-state index in [9.17, 15) is 9.90 Å². The third-order valence-electron chi connectivity index (χ3n) is 6.21. The second-order valence-corrected chi connectivity index (χ2v) is 8.76. The van der Waals surface area contributed by atoms with Crippen LogP contribution in [-0.4, -0.2) is 61.2 Å². The molecule has 1 heterocycles. The van der Waals surface area contributed by atoms with Gasteiger partial charge in [0.2, 0.25) is 5.91 Å². The van der Waals surface area contributed by atoms with Gasteiger partial charge >= 0.3 is 0 Å². The van der Waals surface area contributed by atoms with Crippen LogP contribution in [0.5, 0.6) is 0 Å². The van der Waals surface area contributed by atoms with Crippen molar-refractivity contribution >= 4 is 17.5 Å². The third-order valence-corrected chi connectivity index (χ3v) is 6.46. The van der Waals surface area contributed by atoms with Crippen LogP contribution in [0.25, 0.3) is 0 Å². The standard InChI is InChI=1S/C21H31ClN2O2/c1-23(2)12-16-13-24(14-17(16)15-25)20(26)21(10-4-3-5-11-21)18-6-8-19(22)9-7-18/h6-9,16-17,25H,3-5,10-15H2,1-2H3/t16-,17-/m1/s1. The van der Waals surface area contributed by atoms with Gasteiger partial charge in [0.1, 0.15) is 0 Å². The van der Waals surface area contributed by atoms with E-state index in [4.69, 9.17) is 11.6 Å². The van der Waals surface area contributed by atoms with Crippen molar-refractivity contribution in [2.24, 2.45) is 11.8 Å². The Morgan fingerprint density at radius 3 is 2.35 bits per heavy atom. The number of carbonyl (C=O) groups is 1. The van der Waals surface area contributed by atoms with Crippen LogP contribution in [0.1, 0.15) is 37.7 Å². The molecule has 0 unspecified atom stereocenters. The van der Waals surface area contributed by atoms with Crippen molar-refractivity contribution in [3.63, 3.8) is 0 Å². The van der Waals surface area contributed by atoms with Gasteiger partial charge in [-0.05, 0) is 50.6 Å². The largest absolute Gasteiger partial charge is 0.396 e. The molecule has 1 aromatic rings. The van der Waals surface area contributed by atoms with Crippen molar-refractivity contribution in [3.05, 3.63) is 34.9 Å². The van der Waals surface area contributed by atoms with Gasteiger partial charge in [0, 0.05) is 37.2 Å². The first-order chi connectivity index (χ1) is 12.5. The van der Waals surface area contributed by atoms with Crippen LogP contribution in [0.3, 0.4) is 0 Å². The lowest BCUT2D eigenvalue weighted by atomic mass is 9.68. The average molecular weight is 379 g/mol. The van der Waals surface area contributed by atoms with Gasteiger partial charge in [-0.2, -0.15) is 0 Å². The van der Waals surface area contributed by atoms with E-state index in [0.717, 1.165) is 44.3 Å². The zero-order valence-electron chi connectivity index (χ0n) is 16.0. The molecule has 1 N–H and O–H groups in total. The summed E-state index contributed by atoms with van der Waals surface area (Å²) in [5.74, 6) is 0.760. The number of rotatable bonds is 5. The van der Waals surface area contributed by atoms with Crippen molar-refractivity contribution < 1.29 is 9.90 Å². The lowest BCUT2D eigenvalue weighted by Crippen LogP contribution is -2.47. The minimum Gasteiger partial charge on any atom is -0.396 e. The van der Waals surface area contributed by atoms with Gasteiger partial charge in [-0.25, -0.2) is 0 Å². The Kier molecular flexibility index (Phi) is 6.26. The molecule has 0 spiro atoms. The second kappa shape index (κ2) is 8.28. The molecule has 0 radical (unpaired) electrons. The van der Waals surface area contributed by atoms with Crippen LogP contribution in [0.2, 0.25) is 5.02 Å². The number of nitrogens with zero attached hydrogens (tertiary/aromatic N) is 2. The van der Waals surface area contributed by atoms with E-state index in [0.29, 0.717) is 17.5 Å². The molecule has 1 saturated carbocycles. The fourth-order valence-electron chi connectivity index (χ4n) is 4.84. The monoisotopic (exact) mass is 378 g/mol. The Hall–Kier alpha value is -1.10. The highest BCUT2D eigenvalue weighted by Crippen LogP contribution is 2.42. The molecule has 0 bridgehead atoms. The van der Waals surface area contributed by atoms with Crippen molar-refractivity contribution in [2.75, 3.05) is 40.3 Å². The van der Waals surface area contributed by atoms with Crippen LogP contribution < -0.4 is 0 Å². The molecule has 1 saturated heterocycles. The molecule has 144 valence electrons. The Morgan fingerprint density at radius 1 is 1.15 bits per heavy atom. The molecule has 4 nitrogen and oxygen atoms in total. The molecule has 2 fully saturated rings. The van der Waals surface area contributed by atoms with Crippen LogP contribution in [0, 0.1) is 11.8 Å². The summed E-state index contributed by atoms with van der Waals surface area (Å²) in [4.78, 5) is 17.9. The molecule has 3 rings (SSSR count). The highest BCUT2D eigenvalue weighted by molar-refractivity contribution is 6.30. The number of carbonyl (C=O) groups excluding carboxylic acids is 1. The van der Waals surface area contributed by atoms with E-state index in [-0.39, 0.29) is 18.4 Å². The fraction of sp³-hybridized carbons (Fsp3) is 0.667. The highest BCUT2D eigenvalue weighted by atomic mass is 35.5. The lowest BCUT2D eigenvalue weighted by Gasteiger charge is -2.39. The summed E-state index contributed by atoms with van der Waals surface area (Å²) in [7, 11) is 4.10. The van der Waals surface area contributed by atoms with E-state index in [1.807, 2.05) is 29.2 Å². The van der Waals surface area contributed by atoms with E-state index in [1.165, 1.54) is 6.42 Å². The highest BCUT2D eigenvalue weighted by Gasteiger charge is 2.46. The third kappa shape index (κ3) is 3.92. The number of aliphatic hydroxyl groups excluding tert-OH is 1. The van der Waals surface area contributed by atoms with Crippen molar-refractivity contribution in [1.82, 2.24) is 9.80 Å². The van der Waals surface area contributed by atoms with Gasteiger partial charge < -0.3 is 14.9 Å². The van der Waals surface area contributed by atoms with Crippen molar-refractivity contribution in [3.8, 4) is 0 Å². The summed E-state index contributed by atoms with van der Waals surface area (Å²) in [6, 6.07) is 7.86. The SMILES string of the molecule is CN(C)C[C@@H]1CN(C(=O)C2(c3ccc(Cl)cc3)CCCCC2)C[C@@H]1CO. The molecule has 1 aliphatic carbocycles. The molecule has 1 amide bonds. The first kappa shape index (κ1) is 19.7. The van der Waals surface area contributed by atoms with Gasteiger partial charge in [0.25, 0.3) is 0 Å². The fourth-order valence-corrected chi connectivity index (χ4v) is 4.97. The predicted octanol–water partition coefficient (Wildman–Crippen LogP) is 3.17. The summed E-state index contributed by atoms with van der Waals surface area (Å²) < 4.78 is 0. The normalized spacial score (nSPS) is 25.7. The molecule has 2 atom stereocenters. The molecule has 5 heteroatoms. The van der Waals surface area contributed by atoms with Crippen LogP contribution in [0.4, 0.5) is 0 Å². The molecule has 1 aliphatic heterocycles. The Bertz CT molecular complexity index is 611. The predicted molar refractivity (Wildman–Crippen MR) is 105 cm³/mol. The van der Waals surface area contributed by atoms with Crippen LogP contribution >= 0.6 is 11.6 Å². The summed E-state index contributed by atoms with van der Waals surface area (Å²) in [5.41, 5.74) is 0.679. The number of hydrogen-bond donors (Lipinski definition) is 1. The maximum atomic E-state index is 13.7. The van der Waals surface area contributed by atoms with E-state index < -0.39 is 5.41 Å². The van der Waals surface area contributed by atoms with Crippen LogP contribution in [-0.2, 0) is 10.2 Å². The topological polar surface area (TPSA) is 43.8 Å². The lowest BCUT2D eigenvalue weighted by molar-refractivity contribution is -0.138. The van der Waals surface area contributed by atoms with Gasteiger partial charge in [-0.3, -0.25) is 4.79 Å². The number of halogens is 1. The quantitative estimate of drug-likeness (QED) is 0.855. The smallest absolute Gasteiger partial charge is 0.233 e. The Labute approximate surface area is 162 Å². The van der Waals surface area contributed by atoms with E-state index in [1.54, 1.807) is 0 Å². The maximum absolute atomic E-state index is 13.7. The molecule has 0 aromatic heterocycles. The van der Waals surface area contributed by atoms with Gasteiger partial charge in [-0.1, -0.05) is 43.0 Å². The summed E-state index contributed by atoms with van der Waals surface area (Å²) in [5, 5.41) is 10.5.